The molecule has 0 atom stereocenters. The van der Waals surface area contributed by atoms with Gasteiger partial charge in [0.2, 0.25) is 0 Å². The zero-order valence-corrected chi connectivity index (χ0v) is 8.99. The molecule has 1 aromatic heterocycles. The van der Waals surface area contributed by atoms with Crippen LogP contribution in [0, 0.1) is 0 Å². The second kappa shape index (κ2) is 4.26. The summed E-state index contributed by atoms with van der Waals surface area (Å²) in [7, 11) is 1.62. The number of aryl methyl sites for hydroxylation is 1. The fourth-order valence-electron chi connectivity index (χ4n) is 1.74. The van der Waals surface area contributed by atoms with Gasteiger partial charge in [0.15, 0.2) is 0 Å². The van der Waals surface area contributed by atoms with Gasteiger partial charge < -0.3 is 14.8 Å². The van der Waals surface area contributed by atoms with Gasteiger partial charge in [-0.05, 0) is 24.1 Å². The average Bonchev–Trinajstić information content (AvgIpc) is 2.68. The number of carboxylic acid groups (broad SMARTS) is 1. The Morgan fingerprint density at radius 2 is 2.31 bits per heavy atom. The summed E-state index contributed by atoms with van der Waals surface area (Å²) in [5.41, 5.74) is 2.00. The van der Waals surface area contributed by atoms with Crippen LogP contribution in [0.15, 0.2) is 24.4 Å². The molecule has 0 saturated heterocycles. The summed E-state index contributed by atoms with van der Waals surface area (Å²) >= 11 is 0. The highest BCUT2D eigenvalue weighted by Crippen LogP contribution is 2.23. The quantitative estimate of drug-likeness (QED) is 0.828. The Balaban J connectivity index is 2.30. The first kappa shape index (κ1) is 10.5. The number of carboxylic acids is 1. The standard InChI is InChI=1S/C12H13NO3/c1-16-9-3-4-10-8(2-5-12(14)15)7-13-11(10)6-9/h3-4,6-7,13H,2,5H2,1H3,(H,14,15). The number of aliphatic carboxylic acids is 1. The van der Waals surface area contributed by atoms with Crippen molar-refractivity contribution in [3.63, 3.8) is 0 Å². The minimum Gasteiger partial charge on any atom is -0.497 e. The van der Waals surface area contributed by atoms with E-state index in [0.29, 0.717) is 6.42 Å². The van der Waals surface area contributed by atoms with Crippen LogP contribution in [0.2, 0.25) is 0 Å². The molecule has 0 aliphatic carbocycles. The number of fused-ring (bicyclic) bond motifs is 1. The lowest BCUT2D eigenvalue weighted by Gasteiger charge is -2.00. The van der Waals surface area contributed by atoms with Gasteiger partial charge in [0.05, 0.1) is 7.11 Å². The SMILES string of the molecule is COc1ccc2c(CCC(=O)O)c[nH]c2c1. The molecule has 0 spiro atoms. The Kier molecular flexibility index (Phi) is 2.81. The Morgan fingerprint density at radius 1 is 1.50 bits per heavy atom. The third-order valence-corrected chi connectivity index (χ3v) is 2.58. The van der Waals surface area contributed by atoms with Crippen LogP contribution in [0.25, 0.3) is 10.9 Å². The molecule has 16 heavy (non-hydrogen) atoms. The minimum atomic E-state index is -0.775. The predicted molar refractivity (Wildman–Crippen MR) is 60.8 cm³/mol. The lowest BCUT2D eigenvalue weighted by Crippen LogP contribution is -1.96. The lowest BCUT2D eigenvalue weighted by atomic mass is 10.1. The number of ether oxygens (including phenoxy) is 1. The van der Waals surface area contributed by atoms with Crippen molar-refractivity contribution in [2.24, 2.45) is 0 Å². The smallest absolute Gasteiger partial charge is 0.303 e. The summed E-state index contributed by atoms with van der Waals surface area (Å²) in [6, 6.07) is 5.72. The van der Waals surface area contributed by atoms with E-state index in [0.717, 1.165) is 22.2 Å². The maximum atomic E-state index is 10.5. The Bertz CT molecular complexity index is 516. The highest BCUT2D eigenvalue weighted by Gasteiger charge is 2.06. The molecule has 0 bridgehead atoms. The van der Waals surface area contributed by atoms with Crippen molar-refractivity contribution in [2.45, 2.75) is 12.8 Å². The molecule has 4 heteroatoms. The molecule has 2 aromatic rings. The van der Waals surface area contributed by atoms with Crippen molar-refractivity contribution < 1.29 is 14.6 Å². The third kappa shape index (κ3) is 2.00. The van der Waals surface area contributed by atoms with Crippen LogP contribution in [0.1, 0.15) is 12.0 Å². The largest absolute Gasteiger partial charge is 0.497 e. The van der Waals surface area contributed by atoms with Gasteiger partial charge in [-0.3, -0.25) is 4.79 Å². The summed E-state index contributed by atoms with van der Waals surface area (Å²) in [4.78, 5) is 13.6. The highest BCUT2D eigenvalue weighted by atomic mass is 16.5. The van der Waals surface area contributed by atoms with Crippen molar-refractivity contribution >= 4 is 16.9 Å². The van der Waals surface area contributed by atoms with Crippen molar-refractivity contribution in [2.75, 3.05) is 7.11 Å². The number of carbonyl (C=O) groups is 1. The van der Waals surface area contributed by atoms with E-state index in [1.165, 1.54) is 0 Å². The van der Waals surface area contributed by atoms with Crippen LogP contribution in [0.5, 0.6) is 5.75 Å². The molecule has 0 aliphatic rings. The van der Waals surface area contributed by atoms with Crippen LogP contribution in [-0.4, -0.2) is 23.2 Å². The highest BCUT2D eigenvalue weighted by molar-refractivity contribution is 5.84. The van der Waals surface area contributed by atoms with Gasteiger partial charge in [-0.2, -0.15) is 0 Å². The van der Waals surface area contributed by atoms with E-state index in [1.807, 2.05) is 24.4 Å². The van der Waals surface area contributed by atoms with Crippen LogP contribution in [0.4, 0.5) is 0 Å². The summed E-state index contributed by atoms with van der Waals surface area (Å²) < 4.78 is 5.12. The van der Waals surface area contributed by atoms with Crippen molar-refractivity contribution in [1.29, 1.82) is 0 Å². The van der Waals surface area contributed by atoms with E-state index in [4.69, 9.17) is 9.84 Å². The molecule has 0 unspecified atom stereocenters. The summed E-state index contributed by atoms with van der Waals surface area (Å²) in [6.45, 7) is 0. The first-order valence-corrected chi connectivity index (χ1v) is 5.06. The second-order valence-corrected chi connectivity index (χ2v) is 3.62. The molecule has 1 heterocycles. The molecule has 84 valence electrons. The van der Waals surface area contributed by atoms with E-state index in [9.17, 15) is 4.79 Å². The van der Waals surface area contributed by atoms with Crippen LogP contribution < -0.4 is 4.74 Å². The Labute approximate surface area is 92.9 Å². The fraction of sp³-hybridized carbons (Fsp3) is 0.250. The number of methoxy groups -OCH3 is 1. The molecule has 2 rings (SSSR count). The van der Waals surface area contributed by atoms with Crippen LogP contribution in [0.3, 0.4) is 0 Å². The summed E-state index contributed by atoms with van der Waals surface area (Å²) in [6.07, 6.45) is 2.55. The summed E-state index contributed by atoms with van der Waals surface area (Å²) in [5, 5.41) is 9.69. The van der Waals surface area contributed by atoms with E-state index in [-0.39, 0.29) is 6.42 Å². The van der Waals surface area contributed by atoms with Gasteiger partial charge in [0, 0.05) is 29.6 Å². The van der Waals surface area contributed by atoms with Gasteiger partial charge in [-0.1, -0.05) is 0 Å². The van der Waals surface area contributed by atoms with Gasteiger partial charge in [-0.25, -0.2) is 0 Å². The zero-order chi connectivity index (χ0) is 11.5. The minimum absolute atomic E-state index is 0.152. The number of aromatic amines is 1. The van der Waals surface area contributed by atoms with Crippen LogP contribution >= 0.6 is 0 Å². The molecule has 0 saturated carbocycles. The normalized spacial score (nSPS) is 10.6. The van der Waals surface area contributed by atoms with Crippen molar-refractivity contribution in [1.82, 2.24) is 4.98 Å². The average molecular weight is 219 g/mol. The molecule has 0 amide bonds. The number of aromatic nitrogens is 1. The molecular formula is C12H13NO3. The predicted octanol–water partition coefficient (Wildman–Crippen LogP) is 2.19. The van der Waals surface area contributed by atoms with Crippen molar-refractivity contribution in [3.8, 4) is 5.75 Å². The molecular weight excluding hydrogens is 206 g/mol. The zero-order valence-electron chi connectivity index (χ0n) is 8.99. The molecule has 0 fully saturated rings. The van der Waals surface area contributed by atoms with E-state index in [1.54, 1.807) is 7.11 Å². The Morgan fingerprint density at radius 3 is 3.00 bits per heavy atom. The second-order valence-electron chi connectivity index (χ2n) is 3.62. The fourth-order valence-corrected chi connectivity index (χ4v) is 1.74. The van der Waals surface area contributed by atoms with E-state index < -0.39 is 5.97 Å². The van der Waals surface area contributed by atoms with E-state index in [2.05, 4.69) is 4.98 Å². The Hall–Kier alpha value is -1.97. The van der Waals surface area contributed by atoms with Gasteiger partial charge in [0.25, 0.3) is 0 Å². The molecule has 2 N–H and O–H groups in total. The molecule has 0 radical (unpaired) electrons. The first-order valence-electron chi connectivity index (χ1n) is 5.06. The topological polar surface area (TPSA) is 62.3 Å². The maximum Gasteiger partial charge on any atom is 0.303 e. The third-order valence-electron chi connectivity index (χ3n) is 2.58. The summed E-state index contributed by atoms with van der Waals surface area (Å²) in [5.74, 6) is 0.0157. The number of hydrogen-bond acceptors (Lipinski definition) is 2. The van der Waals surface area contributed by atoms with Gasteiger partial charge >= 0.3 is 5.97 Å². The molecule has 4 nitrogen and oxygen atoms in total. The number of benzene rings is 1. The monoisotopic (exact) mass is 219 g/mol. The first-order chi connectivity index (χ1) is 7.70. The van der Waals surface area contributed by atoms with Crippen molar-refractivity contribution in [3.05, 3.63) is 30.0 Å². The van der Waals surface area contributed by atoms with Gasteiger partial charge in [0.1, 0.15) is 5.75 Å². The molecule has 0 aliphatic heterocycles. The van der Waals surface area contributed by atoms with Crippen LogP contribution in [-0.2, 0) is 11.2 Å². The number of nitrogens with one attached hydrogen (secondary N) is 1. The molecule has 1 aromatic carbocycles. The maximum absolute atomic E-state index is 10.5. The number of rotatable bonds is 4. The number of H-pyrrole nitrogens is 1. The lowest BCUT2D eigenvalue weighted by molar-refractivity contribution is -0.136. The van der Waals surface area contributed by atoms with E-state index >= 15 is 0 Å². The van der Waals surface area contributed by atoms with Gasteiger partial charge in [-0.15, -0.1) is 0 Å². The number of hydrogen-bond donors (Lipinski definition) is 2.